The van der Waals surface area contributed by atoms with Gasteiger partial charge in [-0.15, -0.1) is 0 Å². The minimum Gasteiger partial charge on any atom is -0.481 e. The van der Waals surface area contributed by atoms with Gasteiger partial charge in [-0.25, -0.2) is 0 Å². The molecule has 1 saturated carbocycles. The third-order valence-electron chi connectivity index (χ3n) is 5.67. The van der Waals surface area contributed by atoms with Gasteiger partial charge in [-0.05, 0) is 17.8 Å². The Morgan fingerprint density at radius 2 is 0.689 bits per heavy atom. The average Bonchev–Trinajstić information content (AvgIpc) is 2.80. The standard InChI is InChI=1S/C24H45O18P3/c1-13(2)7-37-19-20(38-8-14(3)4)22(40-43(31,32)10-16(25)26)24(42-45(35,36)12-18(29)30)23(21(19)39-9-15(5)6)41-44(33,34)11-17(27)28/h13-15,19-24H,7-12H2,1-6H3,(H,25,26)(H,27,28)(H,29,30)(H,31,32)(H,33,34)(H,35,36)/t19?,20-,21+,22-,23-,24?/m0/s1. The topological polar surface area (TPSA) is 279 Å². The molecular formula is C24H45O18P3. The number of carbonyl (C=O) groups is 3. The summed E-state index contributed by atoms with van der Waals surface area (Å²) in [7, 11) is -15.6. The van der Waals surface area contributed by atoms with Crippen molar-refractivity contribution in [3.05, 3.63) is 0 Å². The van der Waals surface area contributed by atoms with Crippen molar-refractivity contribution in [1.82, 2.24) is 0 Å². The largest absolute Gasteiger partial charge is 0.481 e. The number of carboxylic acid groups (broad SMARTS) is 3. The second-order valence-corrected chi connectivity index (χ2v) is 17.3. The van der Waals surface area contributed by atoms with E-state index in [1.165, 1.54) is 0 Å². The zero-order valence-corrected chi connectivity index (χ0v) is 28.5. The van der Waals surface area contributed by atoms with Crippen LogP contribution in [0.5, 0.6) is 0 Å². The van der Waals surface area contributed by atoms with Gasteiger partial charge in [0.05, 0.1) is 0 Å². The minimum absolute atomic E-state index is 0.0337. The highest BCUT2D eigenvalue weighted by atomic mass is 31.2. The molecule has 0 bridgehead atoms. The Bertz CT molecular complexity index is 1080. The molecule has 18 nitrogen and oxygen atoms in total. The summed E-state index contributed by atoms with van der Waals surface area (Å²) in [6.45, 7) is 10.2. The fourth-order valence-corrected chi connectivity index (χ4v) is 7.27. The summed E-state index contributed by atoms with van der Waals surface area (Å²) in [6, 6.07) is 0. The Balaban J connectivity index is 4.08. The van der Waals surface area contributed by atoms with E-state index in [4.69, 9.17) is 27.8 Å². The molecule has 0 spiro atoms. The molecule has 0 aromatic heterocycles. The van der Waals surface area contributed by atoms with Crippen LogP contribution < -0.4 is 0 Å². The van der Waals surface area contributed by atoms with Crippen LogP contribution >= 0.6 is 22.8 Å². The summed E-state index contributed by atoms with van der Waals surface area (Å²) in [4.78, 5) is 65.6. The van der Waals surface area contributed by atoms with Gasteiger partial charge >= 0.3 is 40.7 Å². The van der Waals surface area contributed by atoms with Crippen molar-refractivity contribution in [3.8, 4) is 0 Å². The molecule has 0 aromatic carbocycles. The van der Waals surface area contributed by atoms with Crippen LogP contribution in [0.1, 0.15) is 41.5 Å². The maximum atomic E-state index is 13.0. The molecule has 264 valence electrons. The number of carboxylic acids is 3. The van der Waals surface area contributed by atoms with Gasteiger partial charge < -0.3 is 44.2 Å². The molecule has 0 saturated heterocycles. The monoisotopic (exact) mass is 714 g/mol. The summed E-state index contributed by atoms with van der Waals surface area (Å²) in [6.07, 6.45) is -15.5. The quantitative estimate of drug-likeness (QED) is 0.0928. The second-order valence-electron chi connectivity index (χ2n) is 11.9. The van der Waals surface area contributed by atoms with Crippen molar-refractivity contribution in [2.75, 3.05) is 38.3 Å². The second kappa shape index (κ2) is 17.8. The zero-order valence-electron chi connectivity index (χ0n) is 25.9. The van der Waals surface area contributed by atoms with Crippen LogP contribution in [0.15, 0.2) is 0 Å². The van der Waals surface area contributed by atoms with E-state index in [9.17, 15) is 58.1 Å². The van der Waals surface area contributed by atoms with Crippen molar-refractivity contribution in [1.29, 1.82) is 0 Å². The van der Waals surface area contributed by atoms with Crippen LogP contribution in [0.2, 0.25) is 0 Å². The zero-order chi connectivity index (χ0) is 34.9. The van der Waals surface area contributed by atoms with E-state index in [-0.39, 0.29) is 37.6 Å². The van der Waals surface area contributed by atoms with Gasteiger partial charge in [0.15, 0.2) is 0 Å². The smallest absolute Gasteiger partial charge is 0.339 e. The van der Waals surface area contributed by atoms with E-state index in [1.54, 1.807) is 41.5 Å². The van der Waals surface area contributed by atoms with Gasteiger partial charge in [0, 0.05) is 19.8 Å². The molecule has 6 N–H and O–H groups in total. The lowest BCUT2D eigenvalue weighted by atomic mass is 9.84. The van der Waals surface area contributed by atoms with Crippen LogP contribution in [0.3, 0.4) is 0 Å². The number of ether oxygens (including phenoxy) is 3. The molecule has 0 aromatic rings. The van der Waals surface area contributed by atoms with Crippen LogP contribution in [0.4, 0.5) is 0 Å². The maximum absolute atomic E-state index is 13.0. The highest BCUT2D eigenvalue weighted by Crippen LogP contribution is 2.54. The molecule has 1 rings (SSSR count). The first-order valence-corrected chi connectivity index (χ1v) is 19.2. The summed E-state index contributed by atoms with van der Waals surface area (Å²) >= 11 is 0. The summed E-state index contributed by atoms with van der Waals surface area (Å²) in [5.74, 6) is -5.91. The fourth-order valence-electron chi connectivity index (χ4n) is 4.16. The summed E-state index contributed by atoms with van der Waals surface area (Å²) in [5.41, 5.74) is 0. The molecule has 1 fully saturated rings. The van der Waals surface area contributed by atoms with Crippen LogP contribution in [0, 0.1) is 17.8 Å². The lowest BCUT2D eigenvalue weighted by molar-refractivity contribution is -0.249. The first-order chi connectivity index (χ1) is 20.4. The average molecular weight is 715 g/mol. The first-order valence-electron chi connectivity index (χ1n) is 14.0. The van der Waals surface area contributed by atoms with E-state index in [0.717, 1.165) is 0 Å². The maximum Gasteiger partial charge on any atom is 0.339 e. The predicted octanol–water partition coefficient (Wildman–Crippen LogP) is 2.09. The molecule has 9 atom stereocenters. The molecule has 45 heavy (non-hydrogen) atoms. The highest BCUT2D eigenvalue weighted by Gasteiger charge is 2.59. The lowest BCUT2D eigenvalue weighted by Gasteiger charge is -2.50. The van der Waals surface area contributed by atoms with Gasteiger partial charge in [-0.1, -0.05) is 41.5 Å². The van der Waals surface area contributed by atoms with Crippen LogP contribution in [-0.2, 0) is 55.9 Å². The molecule has 0 radical (unpaired) electrons. The molecule has 21 heteroatoms. The van der Waals surface area contributed by atoms with Crippen molar-refractivity contribution in [2.24, 2.45) is 17.8 Å². The number of rotatable bonds is 21. The highest BCUT2D eigenvalue weighted by molar-refractivity contribution is 7.54. The van der Waals surface area contributed by atoms with E-state index in [0.29, 0.717) is 0 Å². The third-order valence-corrected chi connectivity index (χ3v) is 9.40. The van der Waals surface area contributed by atoms with Gasteiger partial charge in [0.2, 0.25) is 0 Å². The lowest BCUT2D eigenvalue weighted by Crippen LogP contribution is -2.67. The number of aliphatic carboxylic acids is 3. The molecule has 0 amide bonds. The van der Waals surface area contributed by atoms with E-state index in [1.807, 2.05) is 0 Å². The Labute approximate surface area is 260 Å². The van der Waals surface area contributed by atoms with Crippen molar-refractivity contribution < 1.29 is 85.9 Å². The fraction of sp³-hybridized carbons (Fsp3) is 0.875. The molecule has 1 aliphatic rings. The third kappa shape index (κ3) is 15.5. The summed E-state index contributed by atoms with van der Waals surface area (Å²) < 4.78 is 73.0. The Morgan fingerprint density at radius 1 is 0.489 bits per heavy atom. The normalized spacial score (nSPS) is 28.0. The first kappa shape index (κ1) is 41.8. The van der Waals surface area contributed by atoms with Crippen molar-refractivity contribution in [3.63, 3.8) is 0 Å². The summed E-state index contributed by atoms with van der Waals surface area (Å²) in [5, 5.41) is 27.6. The van der Waals surface area contributed by atoms with Gasteiger partial charge in [0.25, 0.3) is 0 Å². The van der Waals surface area contributed by atoms with Crippen LogP contribution in [-0.4, -0.2) is 123 Å². The predicted molar refractivity (Wildman–Crippen MR) is 155 cm³/mol. The Hall–Kier alpha value is -1.26. The Morgan fingerprint density at radius 3 is 0.889 bits per heavy atom. The van der Waals surface area contributed by atoms with Crippen molar-refractivity contribution >= 4 is 40.7 Å². The molecule has 0 aliphatic heterocycles. The Kier molecular flexibility index (Phi) is 16.5. The van der Waals surface area contributed by atoms with Gasteiger partial charge in [0.1, 0.15) is 55.1 Å². The number of hydrogen-bond donors (Lipinski definition) is 6. The molecule has 5 unspecified atom stereocenters. The van der Waals surface area contributed by atoms with E-state index >= 15 is 0 Å². The van der Waals surface area contributed by atoms with Gasteiger partial charge in [-0.3, -0.25) is 41.6 Å². The minimum atomic E-state index is -5.24. The van der Waals surface area contributed by atoms with E-state index in [2.05, 4.69) is 0 Å². The molecule has 1 aliphatic carbocycles. The van der Waals surface area contributed by atoms with E-state index < -0.39 is 95.8 Å². The number of hydrogen-bond acceptors (Lipinski definition) is 12. The molecule has 0 heterocycles. The van der Waals surface area contributed by atoms with Crippen LogP contribution in [0.25, 0.3) is 0 Å². The van der Waals surface area contributed by atoms with Crippen molar-refractivity contribution in [2.45, 2.75) is 78.2 Å². The van der Waals surface area contributed by atoms with Gasteiger partial charge in [-0.2, -0.15) is 0 Å². The SMILES string of the molecule is CC(C)COC1[C@@H](OCC(C)C)[C@H](OP(=O)(O)CC(=O)O)C(OP(=O)(O)CC(=O)O)[C@@H](OP(=O)(O)CC(=O)O)[C@H]1OCC(C)C. The molecular weight excluding hydrogens is 669 g/mol.